The van der Waals surface area contributed by atoms with E-state index in [9.17, 15) is 9.18 Å². The summed E-state index contributed by atoms with van der Waals surface area (Å²) in [5.41, 5.74) is 2.39. The number of rotatable bonds is 3. The third kappa shape index (κ3) is 2.28. The number of halogens is 1. The Labute approximate surface area is 131 Å². The lowest BCUT2D eigenvalue weighted by Crippen LogP contribution is -2.15. The molecular weight excluding hydrogens is 297 g/mol. The Morgan fingerprint density at radius 3 is 3.09 bits per heavy atom. The van der Waals surface area contributed by atoms with E-state index in [1.165, 1.54) is 12.1 Å². The van der Waals surface area contributed by atoms with E-state index in [2.05, 4.69) is 20.6 Å². The summed E-state index contributed by atoms with van der Waals surface area (Å²) in [4.78, 5) is 12.4. The van der Waals surface area contributed by atoms with Gasteiger partial charge >= 0.3 is 0 Å². The van der Waals surface area contributed by atoms with Crippen LogP contribution in [0.1, 0.15) is 23.6 Å². The first-order valence-electron chi connectivity index (χ1n) is 7.48. The standard InChI is InChI=1S/C16H16FN5O/c1-8-13-14(19-20-15(13)22(2)21-8)18-16(23)12-7-11(12)9-4-3-5-10(17)6-9/h3-6,11-12H,7H2,1-2H3,(H2,18,19,20,23)/t11-,12-/m0/s1. The number of H-pyrrole nitrogens is 1. The van der Waals surface area contributed by atoms with Gasteiger partial charge in [-0.25, -0.2) is 9.07 Å². The maximum absolute atomic E-state index is 13.3. The fourth-order valence-corrected chi connectivity index (χ4v) is 3.13. The Kier molecular flexibility index (Phi) is 2.97. The lowest BCUT2D eigenvalue weighted by atomic mass is 10.1. The number of carbonyl (C=O) groups is 1. The van der Waals surface area contributed by atoms with Crippen LogP contribution in [0.25, 0.3) is 11.0 Å². The number of carbonyl (C=O) groups excluding carboxylic acids is 1. The molecule has 7 heteroatoms. The van der Waals surface area contributed by atoms with Crippen molar-refractivity contribution in [2.45, 2.75) is 19.3 Å². The van der Waals surface area contributed by atoms with Crippen molar-refractivity contribution in [2.75, 3.05) is 5.32 Å². The highest BCUT2D eigenvalue weighted by atomic mass is 19.1. The van der Waals surface area contributed by atoms with E-state index in [0.29, 0.717) is 11.5 Å². The van der Waals surface area contributed by atoms with Crippen molar-refractivity contribution in [3.63, 3.8) is 0 Å². The molecule has 1 aliphatic rings. The molecule has 118 valence electrons. The zero-order valence-corrected chi connectivity index (χ0v) is 12.8. The van der Waals surface area contributed by atoms with Gasteiger partial charge in [0, 0.05) is 13.0 Å². The maximum atomic E-state index is 13.3. The van der Waals surface area contributed by atoms with Crippen LogP contribution in [0, 0.1) is 18.7 Å². The van der Waals surface area contributed by atoms with Gasteiger partial charge in [-0.15, -0.1) is 0 Å². The lowest BCUT2D eigenvalue weighted by Gasteiger charge is -2.03. The quantitative estimate of drug-likeness (QED) is 0.780. The van der Waals surface area contributed by atoms with Crippen molar-refractivity contribution in [1.29, 1.82) is 0 Å². The van der Waals surface area contributed by atoms with Crippen LogP contribution >= 0.6 is 0 Å². The third-order valence-electron chi connectivity index (χ3n) is 4.37. The van der Waals surface area contributed by atoms with Gasteiger partial charge in [0.15, 0.2) is 5.65 Å². The molecule has 23 heavy (non-hydrogen) atoms. The fraction of sp³-hybridized carbons (Fsp3) is 0.312. The molecule has 0 saturated heterocycles. The highest BCUT2D eigenvalue weighted by Gasteiger charge is 2.44. The summed E-state index contributed by atoms with van der Waals surface area (Å²) in [5, 5.41) is 15.0. The van der Waals surface area contributed by atoms with Gasteiger partial charge in [0.1, 0.15) is 11.6 Å². The van der Waals surface area contributed by atoms with E-state index in [1.54, 1.807) is 10.7 Å². The Morgan fingerprint density at radius 2 is 2.30 bits per heavy atom. The Morgan fingerprint density at radius 1 is 1.48 bits per heavy atom. The first-order chi connectivity index (χ1) is 11.0. The highest BCUT2D eigenvalue weighted by Crippen LogP contribution is 2.48. The van der Waals surface area contributed by atoms with Gasteiger partial charge in [-0.2, -0.15) is 10.2 Å². The topological polar surface area (TPSA) is 75.6 Å². The SMILES string of the molecule is Cc1nn(C)c2n[nH]c(NC(=O)[C@H]3C[C@H]3c3cccc(F)c3)c12. The number of fused-ring (bicyclic) bond motifs is 1. The molecule has 4 rings (SSSR count). The number of anilines is 1. The zero-order chi connectivity index (χ0) is 16.1. The minimum Gasteiger partial charge on any atom is -0.310 e. The largest absolute Gasteiger partial charge is 0.310 e. The van der Waals surface area contributed by atoms with Crippen LogP contribution in [-0.4, -0.2) is 25.9 Å². The van der Waals surface area contributed by atoms with Gasteiger partial charge in [-0.3, -0.25) is 9.89 Å². The number of hydrogen-bond acceptors (Lipinski definition) is 3. The summed E-state index contributed by atoms with van der Waals surface area (Å²) < 4.78 is 15.0. The fourth-order valence-electron chi connectivity index (χ4n) is 3.13. The Bertz CT molecular complexity index is 912. The highest BCUT2D eigenvalue weighted by molar-refractivity contribution is 6.02. The molecule has 0 radical (unpaired) electrons. The molecule has 6 nitrogen and oxygen atoms in total. The van der Waals surface area contributed by atoms with Crippen molar-refractivity contribution >= 4 is 22.8 Å². The zero-order valence-electron chi connectivity index (χ0n) is 12.8. The lowest BCUT2D eigenvalue weighted by molar-refractivity contribution is -0.117. The summed E-state index contributed by atoms with van der Waals surface area (Å²) in [6.07, 6.45) is 0.735. The molecule has 0 bridgehead atoms. The molecule has 3 aromatic rings. The molecule has 0 aliphatic heterocycles. The van der Waals surface area contributed by atoms with Crippen molar-refractivity contribution in [1.82, 2.24) is 20.0 Å². The number of nitrogens with one attached hydrogen (secondary N) is 2. The van der Waals surface area contributed by atoms with Crippen LogP contribution in [0.2, 0.25) is 0 Å². The average Bonchev–Trinajstić information content (AvgIpc) is 3.13. The van der Waals surface area contributed by atoms with E-state index in [4.69, 9.17) is 0 Å². The molecule has 1 fully saturated rings. The van der Waals surface area contributed by atoms with Crippen molar-refractivity contribution < 1.29 is 9.18 Å². The minimum atomic E-state index is -0.269. The third-order valence-corrected chi connectivity index (χ3v) is 4.37. The van der Waals surface area contributed by atoms with E-state index >= 15 is 0 Å². The van der Waals surface area contributed by atoms with Gasteiger partial charge in [0.25, 0.3) is 0 Å². The van der Waals surface area contributed by atoms with E-state index in [1.807, 2.05) is 20.0 Å². The predicted molar refractivity (Wildman–Crippen MR) is 83.5 cm³/mol. The average molecular weight is 313 g/mol. The first-order valence-corrected chi connectivity index (χ1v) is 7.48. The number of hydrogen-bond donors (Lipinski definition) is 2. The maximum Gasteiger partial charge on any atom is 0.229 e. The van der Waals surface area contributed by atoms with Crippen molar-refractivity contribution in [2.24, 2.45) is 13.0 Å². The summed E-state index contributed by atoms with van der Waals surface area (Å²) >= 11 is 0. The number of amides is 1. The second kappa shape index (κ2) is 4.91. The van der Waals surface area contributed by atoms with Crippen LogP contribution in [-0.2, 0) is 11.8 Å². The molecule has 1 saturated carbocycles. The molecule has 0 unspecified atom stereocenters. The van der Waals surface area contributed by atoms with Crippen LogP contribution in [0.5, 0.6) is 0 Å². The van der Waals surface area contributed by atoms with E-state index < -0.39 is 0 Å². The summed E-state index contributed by atoms with van der Waals surface area (Å²) in [6.45, 7) is 1.88. The van der Waals surface area contributed by atoms with Crippen LogP contribution < -0.4 is 5.32 Å². The van der Waals surface area contributed by atoms with Gasteiger partial charge in [0.05, 0.1) is 11.1 Å². The Balaban J connectivity index is 1.52. The number of aryl methyl sites for hydroxylation is 2. The molecule has 0 spiro atoms. The summed E-state index contributed by atoms with van der Waals surface area (Å²) in [6, 6.07) is 6.45. The van der Waals surface area contributed by atoms with Gasteiger partial charge < -0.3 is 5.32 Å². The molecule has 2 aromatic heterocycles. The van der Waals surface area contributed by atoms with Gasteiger partial charge in [-0.1, -0.05) is 12.1 Å². The van der Waals surface area contributed by atoms with Gasteiger partial charge in [0.2, 0.25) is 5.91 Å². The molecule has 2 heterocycles. The molecule has 2 N–H and O–H groups in total. The molecule has 1 aromatic carbocycles. The number of nitrogens with zero attached hydrogens (tertiary/aromatic N) is 3. The van der Waals surface area contributed by atoms with Gasteiger partial charge in [-0.05, 0) is 37.0 Å². The normalized spacial score (nSPS) is 20.0. The molecular formula is C16H16FN5O. The van der Waals surface area contributed by atoms with E-state index in [0.717, 1.165) is 23.1 Å². The molecule has 1 amide bonds. The van der Waals surface area contributed by atoms with Crippen LogP contribution in [0.15, 0.2) is 24.3 Å². The monoisotopic (exact) mass is 313 g/mol. The van der Waals surface area contributed by atoms with Crippen LogP contribution in [0.4, 0.5) is 10.2 Å². The van der Waals surface area contributed by atoms with E-state index in [-0.39, 0.29) is 23.6 Å². The molecule has 2 atom stereocenters. The predicted octanol–water partition coefficient (Wildman–Crippen LogP) is 2.49. The summed E-state index contributed by atoms with van der Waals surface area (Å²) in [5.74, 6) is 0.176. The second-order valence-corrected chi connectivity index (χ2v) is 6.00. The second-order valence-electron chi connectivity index (χ2n) is 6.00. The van der Waals surface area contributed by atoms with Crippen molar-refractivity contribution in [3.8, 4) is 0 Å². The molecule has 1 aliphatic carbocycles. The number of aromatic nitrogens is 4. The Hall–Kier alpha value is -2.70. The smallest absolute Gasteiger partial charge is 0.229 e. The number of benzene rings is 1. The minimum absolute atomic E-state index is 0.0759. The summed E-state index contributed by atoms with van der Waals surface area (Å²) in [7, 11) is 1.81. The first kappa shape index (κ1) is 13.9. The van der Waals surface area contributed by atoms with Crippen LogP contribution in [0.3, 0.4) is 0 Å². The van der Waals surface area contributed by atoms with Crippen molar-refractivity contribution in [3.05, 3.63) is 41.3 Å². The number of aromatic amines is 1.